The molecule has 0 N–H and O–H groups in total. The van der Waals surface area contributed by atoms with Crippen LogP contribution in [0.3, 0.4) is 0 Å². The SMILES string of the molecule is C=CC=NSN=CC(C)C. The molecule has 0 saturated carbocycles. The van der Waals surface area contributed by atoms with E-state index in [9.17, 15) is 0 Å². The van der Waals surface area contributed by atoms with Gasteiger partial charge < -0.3 is 0 Å². The van der Waals surface area contributed by atoms with E-state index in [4.69, 9.17) is 0 Å². The maximum Gasteiger partial charge on any atom is 0.114 e. The average molecular weight is 156 g/mol. The number of hydrogen-bond acceptors (Lipinski definition) is 3. The van der Waals surface area contributed by atoms with E-state index in [1.165, 1.54) is 12.1 Å². The van der Waals surface area contributed by atoms with Gasteiger partial charge in [-0.25, -0.2) is 8.80 Å². The van der Waals surface area contributed by atoms with E-state index in [1.54, 1.807) is 12.3 Å². The maximum atomic E-state index is 3.95. The smallest absolute Gasteiger partial charge is 0.114 e. The zero-order valence-electron chi connectivity index (χ0n) is 6.32. The van der Waals surface area contributed by atoms with Crippen molar-refractivity contribution in [2.45, 2.75) is 13.8 Å². The van der Waals surface area contributed by atoms with Crippen LogP contribution in [0.2, 0.25) is 0 Å². The molecule has 2 nitrogen and oxygen atoms in total. The average Bonchev–Trinajstić information content (AvgIpc) is 1.87. The minimum atomic E-state index is 0.492. The van der Waals surface area contributed by atoms with Gasteiger partial charge >= 0.3 is 0 Å². The fourth-order valence-corrected chi connectivity index (χ4v) is 0.739. The lowest BCUT2D eigenvalue weighted by molar-refractivity contribution is 0.910. The Labute approximate surface area is 66.4 Å². The van der Waals surface area contributed by atoms with Crippen LogP contribution in [0.15, 0.2) is 21.5 Å². The Morgan fingerprint density at radius 1 is 1.40 bits per heavy atom. The van der Waals surface area contributed by atoms with E-state index in [1.807, 2.05) is 6.21 Å². The van der Waals surface area contributed by atoms with Crippen LogP contribution in [0.25, 0.3) is 0 Å². The molecule has 0 aliphatic heterocycles. The van der Waals surface area contributed by atoms with Gasteiger partial charge in [-0.05, 0) is 5.92 Å². The van der Waals surface area contributed by atoms with Crippen LogP contribution in [0.1, 0.15) is 13.8 Å². The van der Waals surface area contributed by atoms with Crippen molar-refractivity contribution in [2.24, 2.45) is 14.7 Å². The molecule has 0 amide bonds. The normalized spacial score (nSPS) is 11.9. The van der Waals surface area contributed by atoms with E-state index in [-0.39, 0.29) is 0 Å². The summed E-state index contributed by atoms with van der Waals surface area (Å²) in [4.78, 5) is 0. The van der Waals surface area contributed by atoms with Crippen molar-refractivity contribution in [1.29, 1.82) is 0 Å². The van der Waals surface area contributed by atoms with Gasteiger partial charge in [0.15, 0.2) is 0 Å². The minimum Gasteiger partial charge on any atom is -0.206 e. The number of hydrogen-bond donors (Lipinski definition) is 0. The van der Waals surface area contributed by atoms with Gasteiger partial charge in [-0.15, -0.1) is 0 Å². The predicted octanol–water partition coefficient (Wildman–Crippen LogP) is 2.53. The molecular formula is C7H12N2S. The van der Waals surface area contributed by atoms with Crippen LogP contribution in [-0.4, -0.2) is 12.4 Å². The molecule has 0 unspecified atom stereocenters. The first-order chi connectivity index (χ1) is 4.77. The molecule has 0 heterocycles. The fraction of sp³-hybridized carbons (Fsp3) is 0.429. The summed E-state index contributed by atoms with van der Waals surface area (Å²) in [6.45, 7) is 7.62. The molecule has 0 aromatic carbocycles. The third-order valence-corrected chi connectivity index (χ3v) is 1.05. The molecule has 0 bridgehead atoms. The molecule has 56 valence electrons. The van der Waals surface area contributed by atoms with Gasteiger partial charge in [-0.3, -0.25) is 0 Å². The highest BCUT2D eigenvalue weighted by atomic mass is 32.2. The van der Waals surface area contributed by atoms with Gasteiger partial charge in [0.2, 0.25) is 0 Å². The van der Waals surface area contributed by atoms with Crippen molar-refractivity contribution in [3.05, 3.63) is 12.7 Å². The van der Waals surface area contributed by atoms with Crippen molar-refractivity contribution in [1.82, 2.24) is 0 Å². The molecule has 0 aliphatic rings. The highest BCUT2D eigenvalue weighted by Crippen LogP contribution is 2.01. The molecular weight excluding hydrogens is 144 g/mol. The molecule has 0 rings (SSSR count). The van der Waals surface area contributed by atoms with Crippen LogP contribution in [0.4, 0.5) is 0 Å². The molecule has 10 heavy (non-hydrogen) atoms. The third kappa shape index (κ3) is 7.43. The molecule has 0 atom stereocenters. The first-order valence-electron chi connectivity index (χ1n) is 3.11. The van der Waals surface area contributed by atoms with Crippen molar-refractivity contribution < 1.29 is 0 Å². The second-order valence-corrected chi connectivity index (χ2v) is 2.66. The van der Waals surface area contributed by atoms with Crippen LogP contribution in [0, 0.1) is 5.92 Å². The number of nitrogens with zero attached hydrogens (tertiary/aromatic N) is 2. The molecule has 0 spiro atoms. The van der Waals surface area contributed by atoms with Gasteiger partial charge in [-0.2, -0.15) is 0 Å². The monoisotopic (exact) mass is 156 g/mol. The molecule has 0 aliphatic carbocycles. The summed E-state index contributed by atoms with van der Waals surface area (Å²) in [5.41, 5.74) is 0. The Morgan fingerprint density at radius 3 is 2.60 bits per heavy atom. The molecule has 0 radical (unpaired) electrons. The summed E-state index contributed by atoms with van der Waals surface area (Å²) < 4.78 is 7.79. The molecule has 0 aromatic rings. The largest absolute Gasteiger partial charge is 0.206 e. The summed E-state index contributed by atoms with van der Waals surface area (Å²) in [6, 6.07) is 0. The first-order valence-corrected chi connectivity index (χ1v) is 3.84. The van der Waals surface area contributed by atoms with Gasteiger partial charge in [0.05, 0.1) is 0 Å². The van der Waals surface area contributed by atoms with E-state index in [0.29, 0.717) is 5.92 Å². The molecule has 0 aromatic heterocycles. The topological polar surface area (TPSA) is 24.7 Å². The number of rotatable bonds is 4. The summed E-state index contributed by atoms with van der Waals surface area (Å²) in [6.07, 6.45) is 5.09. The van der Waals surface area contributed by atoms with Gasteiger partial charge in [0.25, 0.3) is 0 Å². The maximum absolute atomic E-state index is 3.95. The second kappa shape index (κ2) is 6.55. The zero-order chi connectivity index (χ0) is 7.82. The highest BCUT2D eigenvalue weighted by molar-refractivity contribution is 7.96. The van der Waals surface area contributed by atoms with Gasteiger partial charge in [0.1, 0.15) is 12.1 Å². The van der Waals surface area contributed by atoms with Crippen molar-refractivity contribution >= 4 is 24.6 Å². The Bertz CT molecular complexity index is 139. The second-order valence-electron chi connectivity index (χ2n) is 2.07. The highest BCUT2D eigenvalue weighted by Gasteiger charge is 1.82. The standard InChI is InChI=1S/C7H12N2S/c1-4-5-8-10-9-6-7(2)3/h4-7H,1H2,2-3H3. The van der Waals surface area contributed by atoms with Crippen molar-refractivity contribution in [2.75, 3.05) is 0 Å². The summed E-state index contributed by atoms with van der Waals surface area (Å²) in [5, 5.41) is 0. The Kier molecular flexibility index (Phi) is 6.18. The van der Waals surface area contributed by atoms with Crippen LogP contribution in [-0.2, 0) is 0 Å². The quantitative estimate of drug-likeness (QED) is 0.453. The van der Waals surface area contributed by atoms with E-state index >= 15 is 0 Å². The lowest BCUT2D eigenvalue weighted by atomic mass is 10.3. The van der Waals surface area contributed by atoms with Crippen LogP contribution in [0.5, 0.6) is 0 Å². The van der Waals surface area contributed by atoms with E-state index in [2.05, 4.69) is 29.2 Å². The van der Waals surface area contributed by atoms with Gasteiger partial charge in [0, 0.05) is 12.4 Å². The Hall–Kier alpha value is -0.570. The summed E-state index contributed by atoms with van der Waals surface area (Å²) in [5.74, 6) is 0.492. The van der Waals surface area contributed by atoms with E-state index < -0.39 is 0 Å². The van der Waals surface area contributed by atoms with Crippen molar-refractivity contribution in [3.8, 4) is 0 Å². The third-order valence-electron chi connectivity index (χ3n) is 0.620. The summed E-state index contributed by atoms with van der Waals surface area (Å²) in [7, 11) is 0. The summed E-state index contributed by atoms with van der Waals surface area (Å²) >= 11 is 1.17. The molecule has 3 heteroatoms. The van der Waals surface area contributed by atoms with Gasteiger partial charge in [-0.1, -0.05) is 26.5 Å². The zero-order valence-corrected chi connectivity index (χ0v) is 7.14. The molecule has 0 fully saturated rings. The fourth-order valence-electron chi connectivity index (χ4n) is 0.246. The van der Waals surface area contributed by atoms with Crippen molar-refractivity contribution in [3.63, 3.8) is 0 Å². The lowest BCUT2D eigenvalue weighted by Gasteiger charge is -1.88. The van der Waals surface area contributed by atoms with Crippen LogP contribution < -0.4 is 0 Å². The lowest BCUT2D eigenvalue weighted by Crippen LogP contribution is -1.83. The molecule has 0 saturated heterocycles. The number of allylic oxidation sites excluding steroid dienone is 1. The Morgan fingerprint density at radius 2 is 2.10 bits per heavy atom. The first kappa shape index (κ1) is 9.43. The van der Waals surface area contributed by atoms with Crippen LogP contribution >= 0.6 is 12.1 Å². The minimum absolute atomic E-state index is 0.492. The van der Waals surface area contributed by atoms with E-state index in [0.717, 1.165) is 0 Å². The Balaban J connectivity index is 3.35. The predicted molar refractivity (Wildman–Crippen MR) is 49.6 cm³/mol.